The van der Waals surface area contributed by atoms with Crippen molar-refractivity contribution in [3.8, 4) is 0 Å². The highest BCUT2D eigenvalue weighted by Gasteiger charge is 2.28. The van der Waals surface area contributed by atoms with Crippen LogP contribution in [0.15, 0.2) is 24.3 Å². The summed E-state index contributed by atoms with van der Waals surface area (Å²) in [7, 11) is 0. The van der Waals surface area contributed by atoms with E-state index in [9.17, 15) is 15.0 Å². The molecule has 0 bridgehead atoms. The molecule has 4 nitrogen and oxygen atoms in total. The van der Waals surface area contributed by atoms with Gasteiger partial charge < -0.3 is 15.5 Å². The number of hydrogen-bond acceptors (Lipinski definition) is 3. The van der Waals surface area contributed by atoms with E-state index in [0.29, 0.717) is 5.56 Å². The number of hydrogen-bond donors (Lipinski definition) is 3. The first-order valence-electron chi connectivity index (χ1n) is 4.81. The van der Waals surface area contributed by atoms with Crippen LogP contribution < -0.4 is 5.32 Å². The van der Waals surface area contributed by atoms with E-state index in [2.05, 4.69) is 27.9 Å². The number of benzene rings is 1. The number of halogens is 1. The van der Waals surface area contributed by atoms with Gasteiger partial charge >= 0.3 is 0 Å². The smallest absolute Gasteiger partial charge is 0.216 e. The molecule has 1 aromatic carbocycles. The molecule has 0 aliphatic carbocycles. The molecular weight excluding hydrogens is 321 g/mol. The number of aliphatic hydroxyl groups excluding tert-OH is 1. The summed E-state index contributed by atoms with van der Waals surface area (Å²) in [6, 6.07) is 7.15. The number of nitrogens with one attached hydrogen (secondary N) is 1. The van der Waals surface area contributed by atoms with Gasteiger partial charge in [0.1, 0.15) is 5.60 Å². The SMILES string of the molecule is CC(=O)NCC(O)(CO)c1ccc(I)cc1. The first kappa shape index (κ1) is 13.4. The zero-order valence-corrected chi connectivity index (χ0v) is 11.1. The normalized spacial score (nSPS) is 14.2. The maximum absolute atomic E-state index is 10.8. The minimum atomic E-state index is -1.42. The van der Waals surface area contributed by atoms with Crippen molar-refractivity contribution >= 4 is 28.5 Å². The summed E-state index contributed by atoms with van der Waals surface area (Å²) in [5.74, 6) is -0.239. The van der Waals surface area contributed by atoms with E-state index in [1.54, 1.807) is 12.1 Å². The average molecular weight is 335 g/mol. The van der Waals surface area contributed by atoms with Crippen molar-refractivity contribution in [1.29, 1.82) is 0 Å². The maximum atomic E-state index is 10.8. The maximum Gasteiger partial charge on any atom is 0.216 e. The van der Waals surface area contributed by atoms with E-state index < -0.39 is 12.2 Å². The fraction of sp³-hybridized carbons (Fsp3) is 0.364. The van der Waals surface area contributed by atoms with E-state index in [1.807, 2.05) is 12.1 Å². The third-order valence-electron chi connectivity index (χ3n) is 2.27. The second-order valence-electron chi connectivity index (χ2n) is 3.61. The Hall–Kier alpha value is -0.660. The number of rotatable bonds is 4. The second-order valence-corrected chi connectivity index (χ2v) is 4.85. The third-order valence-corrected chi connectivity index (χ3v) is 2.99. The van der Waals surface area contributed by atoms with Gasteiger partial charge in [-0.15, -0.1) is 0 Å². The fourth-order valence-electron chi connectivity index (χ4n) is 1.28. The van der Waals surface area contributed by atoms with Crippen LogP contribution in [0.3, 0.4) is 0 Å². The Morgan fingerprint density at radius 3 is 2.44 bits per heavy atom. The van der Waals surface area contributed by atoms with Crippen LogP contribution >= 0.6 is 22.6 Å². The summed E-state index contributed by atoms with van der Waals surface area (Å²) >= 11 is 2.15. The first-order valence-corrected chi connectivity index (χ1v) is 5.89. The van der Waals surface area contributed by atoms with Crippen LogP contribution in [-0.2, 0) is 10.4 Å². The van der Waals surface area contributed by atoms with Crippen molar-refractivity contribution in [3.05, 3.63) is 33.4 Å². The summed E-state index contributed by atoms with van der Waals surface area (Å²) < 4.78 is 1.04. The minimum Gasteiger partial charge on any atom is -0.393 e. The van der Waals surface area contributed by atoms with Crippen molar-refractivity contribution in [2.75, 3.05) is 13.2 Å². The van der Waals surface area contributed by atoms with Crippen LogP contribution in [0.5, 0.6) is 0 Å². The second kappa shape index (κ2) is 5.60. The van der Waals surface area contributed by atoms with Gasteiger partial charge in [0.25, 0.3) is 0 Å². The molecule has 0 fully saturated rings. The van der Waals surface area contributed by atoms with E-state index >= 15 is 0 Å². The molecule has 1 atom stereocenters. The Labute approximate surface area is 108 Å². The third kappa shape index (κ3) is 3.43. The van der Waals surface area contributed by atoms with Crippen molar-refractivity contribution in [3.63, 3.8) is 0 Å². The molecule has 0 saturated carbocycles. The minimum absolute atomic E-state index is 0.000570. The van der Waals surface area contributed by atoms with Gasteiger partial charge in [0.15, 0.2) is 0 Å². The van der Waals surface area contributed by atoms with Gasteiger partial charge in [-0.3, -0.25) is 4.79 Å². The van der Waals surface area contributed by atoms with Crippen molar-refractivity contribution < 1.29 is 15.0 Å². The Morgan fingerprint density at radius 1 is 1.44 bits per heavy atom. The van der Waals surface area contributed by atoms with Gasteiger partial charge in [-0.05, 0) is 40.3 Å². The van der Waals surface area contributed by atoms with Crippen LogP contribution in [0.1, 0.15) is 12.5 Å². The lowest BCUT2D eigenvalue weighted by molar-refractivity contribution is -0.120. The average Bonchev–Trinajstić information content (AvgIpc) is 2.27. The highest BCUT2D eigenvalue weighted by molar-refractivity contribution is 14.1. The molecule has 1 aromatic rings. The number of amides is 1. The Kier molecular flexibility index (Phi) is 4.69. The highest BCUT2D eigenvalue weighted by Crippen LogP contribution is 2.20. The molecule has 88 valence electrons. The van der Waals surface area contributed by atoms with E-state index in [0.717, 1.165) is 3.57 Å². The molecule has 5 heteroatoms. The van der Waals surface area contributed by atoms with E-state index in [-0.39, 0.29) is 12.5 Å². The summed E-state index contributed by atoms with van der Waals surface area (Å²) in [4.78, 5) is 10.8. The van der Waals surface area contributed by atoms with Crippen LogP contribution in [0, 0.1) is 3.57 Å². The molecule has 0 radical (unpaired) electrons. The van der Waals surface area contributed by atoms with E-state index in [1.165, 1.54) is 6.92 Å². The molecule has 16 heavy (non-hydrogen) atoms. The molecular formula is C11H14INO3. The predicted molar refractivity (Wildman–Crippen MR) is 68.8 cm³/mol. The summed E-state index contributed by atoms with van der Waals surface area (Å²) in [6.45, 7) is 0.930. The number of aliphatic hydroxyl groups is 2. The largest absolute Gasteiger partial charge is 0.393 e. The monoisotopic (exact) mass is 335 g/mol. The van der Waals surface area contributed by atoms with Crippen LogP contribution in [0.25, 0.3) is 0 Å². The molecule has 1 rings (SSSR count). The number of carbonyl (C=O) groups excluding carboxylic acids is 1. The molecule has 0 aliphatic heterocycles. The Balaban J connectivity index is 2.86. The van der Waals surface area contributed by atoms with Gasteiger partial charge in [-0.1, -0.05) is 12.1 Å². The van der Waals surface area contributed by atoms with Crippen molar-refractivity contribution in [2.24, 2.45) is 0 Å². The van der Waals surface area contributed by atoms with Crippen LogP contribution in [-0.4, -0.2) is 29.3 Å². The molecule has 0 saturated heterocycles. The predicted octanol–water partition coefficient (Wildman–Crippen LogP) is 0.607. The van der Waals surface area contributed by atoms with Crippen molar-refractivity contribution in [2.45, 2.75) is 12.5 Å². The lowest BCUT2D eigenvalue weighted by Crippen LogP contribution is -2.42. The van der Waals surface area contributed by atoms with Crippen LogP contribution in [0.2, 0.25) is 0 Å². The molecule has 1 unspecified atom stereocenters. The standard InChI is InChI=1S/C11H14INO3/c1-8(15)13-6-11(16,7-14)9-2-4-10(12)5-3-9/h2-5,14,16H,6-7H2,1H3,(H,13,15). The highest BCUT2D eigenvalue weighted by atomic mass is 127. The topological polar surface area (TPSA) is 69.6 Å². The fourth-order valence-corrected chi connectivity index (χ4v) is 1.64. The summed E-state index contributed by atoms with van der Waals surface area (Å²) in [5, 5.41) is 21.9. The van der Waals surface area contributed by atoms with E-state index in [4.69, 9.17) is 0 Å². The Bertz CT molecular complexity index is 366. The van der Waals surface area contributed by atoms with Crippen molar-refractivity contribution in [1.82, 2.24) is 5.32 Å². The van der Waals surface area contributed by atoms with Gasteiger partial charge in [0, 0.05) is 10.5 Å². The Morgan fingerprint density at radius 2 is 2.00 bits per heavy atom. The molecule has 0 aromatic heterocycles. The molecule has 0 heterocycles. The van der Waals surface area contributed by atoms with Gasteiger partial charge in [-0.25, -0.2) is 0 Å². The van der Waals surface area contributed by atoms with Gasteiger partial charge in [0.2, 0.25) is 5.91 Å². The van der Waals surface area contributed by atoms with Crippen LogP contribution in [0.4, 0.5) is 0 Å². The van der Waals surface area contributed by atoms with Gasteiger partial charge in [0.05, 0.1) is 13.2 Å². The number of carbonyl (C=O) groups is 1. The van der Waals surface area contributed by atoms with Gasteiger partial charge in [-0.2, -0.15) is 0 Å². The summed E-state index contributed by atoms with van der Waals surface area (Å²) in [6.07, 6.45) is 0. The molecule has 0 aliphatic rings. The zero-order chi connectivity index (χ0) is 12.2. The molecule has 3 N–H and O–H groups in total. The zero-order valence-electron chi connectivity index (χ0n) is 8.90. The summed E-state index contributed by atoms with van der Waals surface area (Å²) in [5.41, 5.74) is -0.833. The molecule has 1 amide bonds. The quantitative estimate of drug-likeness (QED) is 0.706. The lowest BCUT2D eigenvalue weighted by Gasteiger charge is -2.26. The molecule has 0 spiro atoms. The lowest BCUT2D eigenvalue weighted by atomic mass is 9.95. The first-order chi connectivity index (χ1) is 7.48.